The van der Waals surface area contributed by atoms with E-state index < -0.39 is 0 Å². The number of halogens is 1. The Morgan fingerprint density at radius 2 is 1.95 bits per heavy atom. The number of rotatable bonds is 5. The topological polar surface area (TPSA) is 33.0 Å². The van der Waals surface area contributed by atoms with Gasteiger partial charge in [0.15, 0.2) is 0 Å². The van der Waals surface area contributed by atoms with Crippen molar-refractivity contribution >= 4 is 27.6 Å². The Labute approximate surface area is 140 Å². The first-order chi connectivity index (χ1) is 10.6. The molecule has 0 aliphatic carbocycles. The van der Waals surface area contributed by atoms with Crippen molar-refractivity contribution in [1.29, 1.82) is 5.26 Å². The molecule has 0 aliphatic heterocycles. The zero-order chi connectivity index (χ0) is 15.9. The van der Waals surface area contributed by atoms with E-state index in [1.807, 2.05) is 55.5 Å². The summed E-state index contributed by atoms with van der Waals surface area (Å²) < 4.78 is 6.54. The minimum Gasteiger partial charge on any atom is -0.492 e. The van der Waals surface area contributed by atoms with Gasteiger partial charge < -0.3 is 4.74 Å². The average Bonchev–Trinajstić information content (AvgIpc) is 2.53. The lowest BCUT2D eigenvalue weighted by Gasteiger charge is -2.08. The summed E-state index contributed by atoms with van der Waals surface area (Å²) in [7, 11) is 0. The van der Waals surface area contributed by atoms with Crippen LogP contribution in [0.1, 0.15) is 30.0 Å². The highest BCUT2D eigenvalue weighted by Crippen LogP contribution is 2.28. The zero-order valence-corrected chi connectivity index (χ0v) is 14.4. The van der Waals surface area contributed by atoms with Crippen molar-refractivity contribution in [2.75, 3.05) is 6.61 Å². The Morgan fingerprint density at radius 1 is 1.23 bits per heavy atom. The molecule has 0 heterocycles. The van der Waals surface area contributed by atoms with Gasteiger partial charge in [0.2, 0.25) is 0 Å². The number of allylic oxidation sites excluding steroid dienone is 1. The van der Waals surface area contributed by atoms with Gasteiger partial charge >= 0.3 is 0 Å². The van der Waals surface area contributed by atoms with E-state index in [2.05, 4.69) is 28.9 Å². The van der Waals surface area contributed by atoms with Crippen molar-refractivity contribution in [1.82, 2.24) is 0 Å². The fraction of sp³-hybridized carbons (Fsp3) is 0.211. The predicted molar refractivity (Wildman–Crippen MR) is 94.6 cm³/mol. The lowest BCUT2D eigenvalue weighted by atomic mass is 10.0. The van der Waals surface area contributed by atoms with Gasteiger partial charge in [-0.05, 0) is 58.6 Å². The van der Waals surface area contributed by atoms with Gasteiger partial charge in [0, 0.05) is 0 Å². The fourth-order valence-corrected chi connectivity index (χ4v) is 2.53. The van der Waals surface area contributed by atoms with E-state index in [9.17, 15) is 5.26 Å². The molecule has 2 rings (SSSR count). The minimum atomic E-state index is 0.647. The third-order valence-corrected chi connectivity index (χ3v) is 3.83. The highest BCUT2D eigenvalue weighted by molar-refractivity contribution is 9.10. The number of aryl methyl sites for hydroxylation is 1. The summed E-state index contributed by atoms with van der Waals surface area (Å²) in [4.78, 5) is 0. The minimum absolute atomic E-state index is 0.647. The van der Waals surface area contributed by atoms with Crippen molar-refractivity contribution in [3.63, 3.8) is 0 Å². The molecule has 0 amide bonds. The standard InChI is InChI=1S/C19H18BrNO/c1-3-10-22-19-9-6-15(12-18(19)20)11-17(13-21)16-7-4-14(2)5-8-16/h4-9,11-12H,3,10H2,1-2H3/b17-11+. The third kappa shape index (κ3) is 4.22. The lowest BCUT2D eigenvalue weighted by molar-refractivity contribution is 0.315. The molecule has 2 nitrogen and oxygen atoms in total. The van der Waals surface area contributed by atoms with Crippen LogP contribution >= 0.6 is 15.9 Å². The zero-order valence-electron chi connectivity index (χ0n) is 12.8. The van der Waals surface area contributed by atoms with Gasteiger partial charge in [-0.15, -0.1) is 0 Å². The second-order valence-corrected chi connectivity index (χ2v) is 5.93. The van der Waals surface area contributed by atoms with Crippen molar-refractivity contribution in [2.45, 2.75) is 20.3 Å². The summed E-state index contributed by atoms with van der Waals surface area (Å²) in [5.41, 5.74) is 3.72. The first-order valence-corrected chi connectivity index (χ1v) is 8.04. The van der Waals surface area contributed by atoms with Crippen LogP contribution in [0.15, 0.2) is 46.9 Å². The van der Waals surface area contributed by atoms with Gasteiger partial charge in [0.25, 0.3) is 0 Å². The number of nitriles is 1. The second kappa shape index (κ2) is 7.82. The van der Waals surface area contributed by atoms with Crippen LogP contribution in [-0.2, 0) is 0 Å². The lowest BCUT2D eigenvalue weighted by Crippen LogP contribution is -1.95. The van der Waals surface area contributed by atoms with Crippen LogP contribution in [0.3, 0.4) is 0 Å². The van der Waals surface area contributed by atoms with Crippen LogP contribution in [0.4, 0.5) is 0 Å². The molecule has 0 N–H and O–H groups in total. The Kier molecular flexibility index (Phi) is 5.80. The molecule has 0 aliphatic rings. The van der Waals surface area contributed by atoms with E-state index in [1.165, 1.54) is 5.56 Å². The molecule has 0 unspecified atom stereocenters. The Bertz CT molecular complexity index is 711. The molecule has 0 fully saturated rings. The summed E-state index contributed by atoms with van der Waals surface area (Å²) in [6.45, 7) is 4.80. The predicted octanol–water partition coefficient (Wildman–Crippen LogP) is 5.61. The summed E-state index contributed by atoms with van der Waals surface area (Å²) in [5.74, 6) is 0.827. The van der Waals surface area contributed by atoms with Crippen LogP contribution in [0, 0.1) is 18.3 Å². The van der Waals surface area contributed by atoms with Crippen molar-refractivity contribution in [2.24, 2.45) is 0 Å². The van der Waals surface area contributed by atoms with Crippen LogP contribution in [-0.4, -0.2) is 6.61 Å². The van der Waals surface area contributed by atoms with Crippen LogP contribution in [0.25, 0.3) is 11.6 Å². The molecule has 0 bridgehead atoms. The van der Waals surface area contributed by atoms with E-state index in [1.54, 1.807) is 0 Å². The first-order valence-electron chi connectivity index (χ1n) is 7.25. The molecule has 2 aromatic carbocycles. The molecule has 2 aromatic rings. The number of ether oxygens (including phenoxy) is 1. The van der Waals surface area contributed by atoms with Crippen molar-refractivity contribution < 1.29 is 4.74 Å². The Hall–Kier alpha value is -2.05. The van der Waals surface area contributed by atoms with Crippen molar-refractivity contribution in [3.05, 3.63) is 63.6 Å². The molecule has 0 spiro atoms. The molecule has 0 atom stereocenters. The SMILES string of the molecule is CCCOc1ccc(/C=C(\C#N)c2ccc(C)cc2)cc1Br. The Morgan fingerprint density at radius 3 is 2.55 bits per heavy atom. The molecule has 0 saturated carbocycles. The van der Waals surface area contributed by atoms with Crippen LogP contribution in [0.2, 0.25) is 0 Å². The normalized spacial score (nSPS) is 11.1. The Balaban J connectivity index is 2.28. The maximum Gasteiger partial charge on any atom is 0.133 e. The summed E-state index contributed by atoms with van der Waals surface area (Å²) in [5, 5.41) is 9.40. The number of hydrogen-bond donors (Lipinski definition) is 0. The quantitative estimate of drug-likeness (QED) is 0.515. The molecule has 0 aromatic heterocycles. The molecular weight excluding hydrogens is 338 g/mol. The number of benzene rings is 2. The van der Waals surface area contributed by atoms with Gasteiger partial charge in [0.1, 0.15) is 5.75 Å². The fourth-order valence-electron chi connectivity index (χ4n) is 2.02. The van der Waals surface area contributed by atoms with E-state index in [0.717, 1.165) is 27.8 Å². The van der Waals surface area contributed by atoms with Gasteiger partial charge in [-0.2, -0.15) is 5.26 Å². The molecule has 112 valence electrons. The third-order valence-electron chi connectivity index (χ3n) is 3.21. The number of nitrogens with zero attached hydrogens (tertiary/aromatic N) is 1. The maximum atomic E-state index is 9.40. The second-order valence-electron chi connectivity index (χ2n) is 5.07. The molecular formula is C19H18BrNO. The van der Waals surface area contributed by atoms with Crippen molar-refractivity contribution in [3.8, 4) is 11.8 Å². The first kappa shape index (κ1) is 16.3. The highest BCUT2D eigenvalue weighted by Gasteiger charge is 2.04. The smallest absolute Gasteiger partial charge is 0.133 e. The summed E-state index contributed by atoms with van der Waals surface area (Å²) in [6.07, 6.45) is 2.86. The summed E-state index contributed by atoms with van der Waals surface area (Å²) in [6, 6.07) is 16.1. The molecule has 22 heavy (non-hydrogen) atoms. The van der Waals surface area contributed by atoms with Gasteiger partial charge in [0.05, 0.1) is 22.7 Å². The largest absolute Gasteiger partial charge is 0.492 e. The van der Waals surface area contributed by atoms with Gasteiger partial charge in [-0.25, -0.2) is 0 Å². The van der Waals surface area contributed by atoms with E-state index >= 15 is 0 Å². The van der Waals surface area contributed by atoms with Crippen LogP contribution < -0.4 is 4.74 Å². The summed E-state index contributed by atoms with van der Waals surface area (Å²) >= 11 is 3.52. The van der Waals surface area contributed by atoms with Gasteiger partial charge in [-0.3, -0.25) is 0 Å². The molecule has 3 heteroatoms. The molecule has 0 radical (unpaired) electrons. The maximum absolute atomic E-state index is 9.40. The van der Waals surface area contributed by atoms with E-state index in [4.69, 9.17) is 4.74 Å². The molecule has 0 saturated heterocycles. The average molecular weight is 356 g/mol. The van der Waals surface area contributed by atoms with Gasteiger partial charge in [-0.1, -0.05) is 42.8 Å². The highest BCUT2D eigenvalue weighted by atomic mass is 79.9. The monoisotopic (exact) mass is 355 g/mol. The van der Waals surface area contributed by atoms with Crippen LogP contribution in [0.5, 0.6) is 5.75 Å². The van der Waals surface area contributed by atoms with E-state index in [0.29, 0.717) is 12.2 Å². The number of hydrogen-bond acceptors (Lipinski definition) is 2. The van der Waals surface area contributed by atoms with E-state index in [-0.39, 0.29) is 0 Å².